The second kappa shape index (κ2) is 4.90. The van der Waals surface area contributed by atoms with Crippen LogP contribution in [0.3, 0.4) is 0 Å². The lowest BCUT2D eigenvalue weighted by Gasteiger charge is -2.13. The summed E-state index contributed by atoms with van der Waals surface area (Å²) in [7, 11) is 0. The van der Waals surface area contributed by atoms with Crippen LogP contribution in [0.25, 0.3) is 0 Å². The number of hydrogen-bond acceptors (Lipinski definition) is 2. The monoisotopic (exact) mass is 258 g/mol. The van der Waals surface area contributed by atoms with Gasteiger partial charge in [0.1, 0.15) is 5.75 Å². The fourth-order valence-electron chi connectivity index (χ4n) is 1.03. The molecule has 1 nitrogen and oxygen atoms in total. The van der Waals surface area contributed by atoms with E-state index >= 15 is 0 Å². The fourth-order valence-corrected chi connectivity index (χ4v) is 1.54. The molecule has 0 fully saturated rings. The molecule has 0 heterocycles. The Morgan fingerprint density at radius 3 is 2.31 bits per heavy atom. The van der Waals surface area contributed by atoms with Gasteiger partial charge in [-0.05, 0) is 18.4 Å². The summed E-state index contributed by atoms with van der Waals surface area (Å²) >= 11 is 0.987. The minimum Gasteiger partial charge on any atom is -0.405 e. The topological polar surface area (TPSA) is 9.23 Å². The van der Waals surface area contributed by atoms with Crippen LogP contribution in [-0.2, 0) is 0 Å². The molecule has 0 aliphatic heterocycles. The molecule has 0 saturated heterocycles. The van der Waals surface area contributed by atoms with E-state index in [4.69, 9.17) is 0 Å². The summed E-state index contributed by atoms with van der Waals surface area (Å²) in [4.78, 5) is 0.154. The van der Waals surface area contributed by atoms with Crippen LogP contribution in [-0.4, -0.2) is 12.6 Å². The SMILES string of the molecule is CSc1ccc(C(F)F)cc1OC(F)(F)F. The third-order valence-electron chi connectivity index (χ3n) is 1.67. The molecule has 1 rings (SSSR count). The smallest absolute Gasteiger partial charge is 0.405 e. The van der Waals surface area contributed by atoms with Crippen molar-refractivity contribution in [2.75, 3.05) is 6.26 Å². The van der Waals surface area contributed by atoms with Crippen molar-refractivity contribution >= 4 is 11.8 Å². The average molecular weight is 258 g/mol. The maximum atomic E-state index is 12.3. The first kappa shape index (κ1) is 13.1. The highest BCUT2D eigenvalue weighted by atomic mass is 32.2. The molecular weight excluding hydrogens is 251 g/mol. The number of halogens is 5. The molecule has 16 heavy (non-hydrogen) atoms. The van der Waals surface area contributed by atoms with Crippen molar-refractivity contribution in [3.8, 4) is 5.75 Å². The van der Waals surface area contributed by atoms with Crippen molar-refractivity contribution in [2.24, 2.45) is 0 Å². The van der Waals surface area contributed by atoms with E-state index in [1.54, 1.807) is 0 Å². The standard InChI is InChI=1S/C9H7F5OS/c1-16-7-3-2-5(8(10)11)4-6(7)15-9(12,13)14/h2-4,8H,1H3. The molecule has 0 N–H and O–H groups in total. The van der Waals surface area contributed by atoms with Crippen LogP contribution in [0.5, 0.6) is 5.75 Å². The lowest BCUT2D eigenvalue weighted by Crippen LogP contribution is -2.17. The Hall–Kier alpha value is -0.980. The summed E-state index contributed by atoms with van der Waals surface area (Å²) in [5.41, 5.74) is -0.503. The maximum absolute atomic E-state index is 12.3. The van der Waals surface area contributed by atoms with Gasteiger partial charge in [-0.1, -0.05) is 6.07 Å². The second-order valence-electron chi connectivity index (χ2n) is 2.76. The Morgan fingerprint density at radius 1 is 1.25 bits per heavy atom. The van der Waals surface area contributed by atoms with Gasteiger partial charge in [0.25, 0.3) is 6.43 Å². The molecule has 7 heteroatoms. The van der Waals surface area contributed by atoms with E-state index in [2.05, 4.69) is 4.74 Å². The molecule has 0 aromatic heterocycles. The van der Waals surface area contributed by atoms with Gasteiger partial charge in [0.05, 0.1) is 0 Å². The van der Waals surface area contributed by atoms with Crippen molar-refractivity contribution < 1.29 is 26.7 Å². The van der Waals surface area contributed by atoms with Crippen LogP contribution in [0, 0.1) is 0 Å². The van der Waals surface area contributed by atoms with Crippen LogP contribution < -0.4 is 4.74 Å². The second-order valence-corrected chi connectivity index (χ2v) is 3.61. The Labute approximate surface area is 92.6 Å². The Bertz CT molecular complexity index is 363. The molecule has 0 atom stereocenters. The van der Waals surface area contributed by atoms with Crippen molar-refractivity contribution in [1.82, 2.24) is 0 Å². The normalized spacial score (nSPS) is 11.9. The molecule has 0 aliphatic carbocycles. The van der Waals surface area contributed by atoms with E-state index in [1.807, 2.05) is 0 Å². The lowest BCUT2D eigenvalue weighted by molar-refractivity contribution is -0.275. The highest BCUT2D eigenvalue weighted by Gasteiger charge is 2.32. The lowest BCUT2D eigenvalue weighted by atomic mass is 10.2. The van der Waals surface area contributed by atoms with Gasteiger partial charge in [0.15, 0.2) is 0 Å². The van der Waals surface area contributed by atoms with Gasteiger partial charge in [0.2, 0.25) is 0 Å². The molecule has 0 amide bonds. The predicted molar refractivity (Wildman–Crippen MR) is 49.9 cm³/mol. The van der Waals surface area contributed by atoms with Crippen LogP contribution in [0.1, 0.15) is 12.0 Å². The maximum Gasteiger partial charge on any atom is 0.573 e. The first-order valence-electron chi connectivity index (χ1n) is 4.05. The van der Waals surface area contributed by atoms with Gasteiger partial charge >= 0.3 is 6.36 Å². The summed E-state index contributed by atoms with van der Waals surface area (Å²) in [6.07, 6.45) is -6.18. The number of hydrogen-bond donors (Lipinski definition) is 0. The van der Waals surface area contributed by atoms with Crippen LogP contribution >= 0.6 is 11.8 Å². The third-order valence-corrected chi connectivity index (χ3v) is 2.44. The zero-order valence-electron chi connectivity index (χ0n) is 8.02. The largest absolute Gasteiger partial charge is 0.573 e. The molecule has 0 radical (unpaired) electrons. The first-order chi connectivity index (χ1) is 7.33. The predicted octanol–water partition coefficient (Wildman–Crippen LogP) is 4.24. The van der Waals surface area contributed by atoms with E-state index in [1.165, 1.54) is 12.3 Å². The molecule has 0 spiro atoms. The zero-order chi connectivity index (χ0) is 12.3. The van der Waals surface area contributed by atoms with Crippen molar-refractivity contribution in [3.05, 3.63) is 23.8 Å². The minimum absolute atomic E-state index is 0.154. The van der Waals surface area contributed by atoms with Crippen LogP contribution in [0.15, 0.2) is 23.1 Å². The molecule has 0 saturated carbocycles. The van der Waals surface area contributed by atoms with Gasteiger partial charge < -0.3 is 4.74 Å². The van der Waals surface area contributed by atoms with Gasteiger partial charge in [-0.15, -0.1) is 24.9 Å². The third kappa shape index (κ3) is 3.55. The molecule has 0 aliphatic rings. The number of alkyl halides is 5. The summed E-state index contributed by atoms with van der Waals surface area (Å²) in [5, 5.41) is 0. The summed E-state index contributed by atoms with van der Waals surface area (Å²) in [5.74, 6) is -0.599. The minimum atomic E-state index is -4.88. The van der Waals surface area contributed by atoms with Crippen molar-refractivity contribution in [2.45, 2.75) is 17.7 Å². The van der Waals surface area contributed by atoms with E-state index in [0.717, 1.165) is 17.8 Å². The van der Waals surface area contributed by atoms with Gasteiger partial charge in [-0.2, -0.15) is 0 Å². The summed E-state index contributed by atoms with van der Waals surface area (Å²) in [6.45, 7) is 0. The Kier molecular flexibility index (Phi) is 4.01. The highest BCUT2D eigenvalue weighted by Crippen LogP contribution is 2.35. The molecule has 1 aromatic rings. The number of rotatable bonds is 3. The summed E-state index contributed by atoms with van der Waals surface area (Å²) in [6, 6.07) is 2.94. The van der Waals surface area contributed by atoms with Gasteiger partial charge in [0, 0.05) is 10.5 Å². The highest BCUT2D eigenvalue weighted by molar-refractivity contribution is 7.98. The van der Waals surface area contributed by atoms with E-state index in [-0.39, 0.29) is 4.90 Å². The average Bonchev–Trinajstić information content (AvgIpc) is 2.15. The van der Waals surface area contributed by atoms with Gasteiger partial charge in [-0.3, -0.25) is 0 Å². The number of ether oxygens (including phenoxy) is 1. The molecular formula is C9H7F5OS. The fraction of sp³-hybridized carbons (Fsp3) is 0.333. The van der Waals surface area contributed by atoms with Gasteiger partial charge in [-0.25, -0.2) is 8.78 Å². The molecule has 0 bridgehead atoms. The zero-order valence-corrected chi connectivity index (χ0v) is 8.83. The van der Waals surface area contributed by atoms with Crippen LogP contribution in [0.2, 0.25) is 0 Å². The van der Waals surface area contributed by atoms with Crippen molar-refractivity contribution in [3.63, 3.8) is 0 Å². The van der Waals surface area contributed by atoms with Crippen LogP contribution in [0.4, 0.5) is 22.0 Å². The Morgan fingerprint density at radius 2 is 1.88 bits per heavy atom. The number of thioether (sulfide) groups is 1. The van der Waals surface area contributed by atoms with E-state index in [9.17, 15) is 22.0 Å². The molecule has 1 aromatic carbocycles. The molecule has 0 unspecified atom stereocenters. The molecule has 90 valence electrons. The van der Waals surface area contributed by atoms with E-state index in [0.29, 0.717) is 6.07 Å². The van der Waals surface area contributed by atoms with E-state index < -0.39 is 24.1 Å². The van der Waals surface area contributed by atoms with Crippen molar-refractivity contribution in [1.29, 1.82) is 0 Å². The summed E-state index contributed by atoms with van der Waals surface area (Å²) < 4.78 is 64.1. The quantitative estimate of drug-likeness (QED) is 0.592. The first-order valence-corrected chi connectivity index (χ1v) is 5.28. The number of benzene rings is 1. The Balaban J connectivity index is 3.07.